The van der Waals surface area contributed by atoms with Crippen LogP contribution in [0.4, 0.5) is 0 Å². The zero-order chi connectivity index (χ0) is 12.8. The molecule has 18 heavy (non-hydrogen) atoms. The molecule has 2 aliphatic carbocycles. The molecule has 0 radical (unpaired) electrons. The minimum Gasteiger partial charge on any atom is -0.0625 e. The van der Waals surface area contributed by atoms with Crippen molar-refractivity contribution < 1.29 is 0 Å². The van der Waals surface area contributed by atoms with Crippen LogP contribution in [-0.4, -0.2) is 0 Å². The number of hydrogen-bond acceptors (Lipinski definition) is 0. The first-order valence-electron chi connectivity index (χ1n) is 8.71. The van der Waals surface area contributed by atoms with Crippen LogP contribution in [0.5, 0.6) is 0 Å². The van der Waals surface area contributed by atoms with E-state index in [2.05, 4.69) is 13.8 Å². The van der Waals surface area contributed by atoms with Crippen LogP contribution < -0.4 is 0 Å². The van der Waals surface area contributed by atoms with Gasteiger partial charge in [0.05, 0.1) is 0 Å². The first-order valence-corrected chi connectivity index (χ1v) is 8.71. The van der Waals surface area contributed by atoms with Gasteiger partial charge in [0, 0.05) is 0 Å². The molecule has 0 aromatic carbocycles. The lowest BCUT2D eigenvalue weighted by Gasteiger charge is -2.38. The predicted octanol–water partition coefficient (Wildman–Crippen LogP) is 6.34. The molecule has 0 nitrogen and oxygen atoms in total. The summed E-state index contributed by atoms with van der Waals surface area (Å²) in [5, 5.41) is 0. The third kappa shape index (κ3) is 4.00. The Labute approximate surface area is 115 Å². The fourth-order valence-electron chi connectivity index (χ4n) is 4.48. The normalized spacial score (nSPS) is 35.0. The molecule has 0 amide bonds. The van der Waals surface area contributed by atoms with Crippen molar-refractivity contribution in [2.24, 2.45) is 17.3 Å². The van der Waals surface area contributed by atoms with Gasteiger partial charge in [-0.2, -0.15) is 0 Å². The van der Waals surface area contributed by atoms with Gasteiger partial charge in [-0.05, 0) is 42.9 Å². The predicted molar refractivity (Wildman–Crippen MR) is 80.8 cm³/mol. The molecule has 0 bridgehead atoms. The van der Waals surface area contributed by atoms with Crippen molar-refractivity contribution >= 4 is 0 Å². The van der Waals surface area contributed by atoms with Crippen molar-refractivity contribution in [3.63, 3.8) is 0 Å². The molecule has 0 heteroatoms. The molecular weight excluding hydrogens is 216 g/mol. The highest BCUT2D eigenvalue weighted by Crippen LogP contribution is 2.46. The Morgan fingerprint density at radius 3 is 1.94 bits per heavy atom. The van der Waals surface area contributed by atoms with Gasteiger partial charge in [-0.15, -0.1) is 0 Å². The maximum Gasteiger partial charge on any atom is -0.0298 e. The summed E-state index contributed by atoms with van der Waals surface area (Å²) in [6.45, 7) is 5.10. The van der Waals surface area contributed by atoms with Crippen LogP contribution in [0.15, 0.2) is 0 Å². The van der Waals surface area contributed by atoms with Gasteiger partial charge in [0.2, 0.25) is 0 Å². The molecule has 2 atom stereocenters. The zero-order valence-electron chi connectivity index (χ0n) is 12.8. The molecule has 0 aromatic rings. The van der Waals surface area contributed by atoms with E-state index in [9.17, 15) is 0 Å². The summed E-state index contributed by atoms with van der Waals surface area (Å²) in [6.07, 6.45) is 19.6. The molecule has 2 rings (SSSR count). The van der Waals surface area contributed by atoms with E-state index in [0.29, 0.717) is 5.41 Å². The fraction of sp³-hybridized carbons (Fsp3) is 1.00. The molecular formula is C18H34. The summed E-state index contributed by atoms with van der Waals surface area (Å²) in [5.41, 5.74) is 0.689. The highest BCUT2D eigenvalue weighted by Gasteiger charge is 2.34. The Kier molecular flexibility index (Phi) is 5.57. The van der Waals surface area contributed by atoms with Gasteiger partial charge in [-0.3, -0.25) is 0 Å². The van der Waals surface area contributed by atoms with Gasteiger partial charge in [0.15, 0.2) is 0 Å². The monoisotopic (exact) mass is 250 g/mol. The summed E-state index contributed by atoms with van der Waals surface area (Å²) in [4.78, 5) is 0. The highest BCUT2D eigenvalue weighted by atomic mass is 14.4. The Hall–Kier alpha value is 0. The molecule has 0 N–H and O–H groups in total. The average Bonchev–Trinajstić information content (AvgIpc) is 2.50. The second kappa shape index (κ2) is 6.96. The van der Waals surface area contributed by atoms with E-state index in [1.807, 2.05) is 0 Å². The molecule has 0 aliphatic heterocycles. The SMILES string of the molecule is CC1CCCC(C2(C)CCCCCCCC2)CC1. The quantitative estimate of drug-likeness (QED) is 0.476. The van der Waals surface area contributed by atoms with Gasteiger partial charge in [-0.1, -0.05) is 71.6 Å². The van der Waals surface area contributed by atoms with E-state index in [0.717, 1.165) is 11.8 Å². The Bertz CT molecular complexity index is 220. The van der Waals surface area contributed by atoms with E-state index in [-0.39, 0.29) is 0 Å². The fourth-order valence-corrected chi connectivity index (χ4v) is 4.48. The van der Waals surface area contributed by atoms with Crippen molar-refractivity contribution in [1.29, 1.82) is 0 Å². The summed E-state index contributed by atoms with van der Waals surface area (Å²) in [7, 11) is 0. The summed E-state index contributed by atoms with van der Waals surface area (Å²) < 4.78 is 0. The summed E-state index contributed by atoms with van der Waals surface area (Å²) in [6, 6.07) is 0. The van der Waals surface area contributed by atoms with Crippen molar-refractivity contribution in [3.05, 3.63) is 0 Å². The van der Waals surface area contributed by atoms with Crippen LogP contribution in [0.25, 0.3) is 0 Å². The van der Waals surface area contributed by atoms with Crippen LogP contribution in [-0.2, 0) is 0 Å². The molecule has 2 saturated carbocycles. The Balaban J connectivity index is 1.96. The Morgan fingerprint density at radius 1 is 0.667 bits per heavy atom. The van der Waals surface area contributed by atoms with E-state index in [1.165, 1.54) is 83.5 Å². The standard InChI is InChI=1S/C18H34/c1-16-10-9-11-17(13-12-16)18(2)14-7-5-3-4-6-8-15-18/h16-17H,3-15H2,1-2H3. The van der Waals surface area contributed by atoms with E-state index < -0.39 is 0 Å². The lowest BCUT2D eigenvalue weighted by Crippen LogP contribution is -2.27. The maximum atomic E-state index is 2.64. The van der Waals surface area contributed by atoms with Gasteiger partial charge >= 0.3 is 0 Å². The van der Waals surface area contributed by atoms with Crippen molar-refractivity contribution in [2.45, 2.75) is 97.3 Å². The lowest BCUT2D eigenvalue weighted by atomic mass is 9.67. The molecule has 2 aliphatic rings. The average molecular weight is 250 g/mol. The lowest BCUT2D eigenvalue weighted by molar-refractivity contribution is 0.129. The minimum absolute atomic E-state index is 0.689. The molecule has 0 spiro atoms. The van der Waals surface area contributed by atoms with Gasteiger partial charge in [-0.25, -0.2) is 0 Å². The largest absolute Gasteiger partial charge is 0.0625 e. The molecule has 0 heterocycles. The van der Waals surface area contributed by atoms with Crippen molar-refractivity contribution in [2.75, 3.05) is 0 Å². The van der Waals surface area contributed by atoms with Crippen LogP contribution in [0.1, 0.15) is 97.3 Å². The van der Waals surface area contributed by atoms with E-state index in [1.54, 1.807) is 0 Å². The zero-order valence-corrected chi connectivity index (χ0v) is 12.8. The van der Waals surface area contributed by atoms with Gasteiger partial charge in [0.25, 0.3) is 0 Å². The molecule has 2 fully saturated rings. The van der Waals surface area contributed by atoms with E-state index >= 15 is 0 Å². The third-order valence-corrected chi connectivity index (χ3v) is 5.99. The highest BCUT2D eigenvalue weighted by molar-refractivity contribution is 4.85. The van der Waals surface area contributed by atoms with Gasteiger partial charge < -0.3 is 0 Å². The number of rotatable bonds is 1. The summed E-state index contributed by atoms with van der Waals surface area (Å²) >= 11 is 0. The topological polar surface area (TPSA) is 0 Å². The van der Waals surface area contributed by atoms with Crippen molar-refractivity contribution in [3.8, 4) is 0 Å². The molecule has 0 aromatic heterocycles. The first-order chi connectivity index (χ1) is 8.71. The molecule has 0 saturated heterocycles. The second-order valence-corrected chi connectivity index (χ2v) is 7.59. The molecule has 106 valence electrons. The molecule has 2 unspecified atom stereocenters. The van der Waals surface area contributed by atoms with Crippen molar-refractivity contribution in [1.82, 2.24) is 0 Å². The van der Waals surface area contributed by atoms with Gasteiger partial charge in [0.1, 0.15) is 0 Å². The minimum atomic E-state index is 0.689. The third-order valence-electron chi connectivity index (χ3n) is 5.99. The first kappa shape index (κ1) is 14.4. The maximum absolute atomic E-state index is 2.64. The summed E-state index contributed by atoms with van der Waals surface area (Å²) in [5.74, 6) is 2.04. The number of hydrogen-bond donors (Lipinski definition) is 0. The smallest absolute Gasteiger partial charge is 0.0298 e. The van der Waals surface area contributed by atoms with Crippen LogP contribution in [0, 0.1) is 17.3 Å². The Morgan fingerprint density at radius 2 is 1.28 bits per heavy atom. The van der Waals surface area contributed by atoms with Crippen LogP contribution in [0.2, 0.25) is 0 Å². The second-order valence-electron chi connectivity index (χ2n) is 7.59. The van der Waals surface area contributed by atoms with Crippen LogP contribution >= 0.6 is 0 Å². The van der Waals surface area contributed by atoms with Crippen LogP contribution in [0.3, 0.4) is 0 Å². The van der Waals surface area contributed by atoms with E-state index in [4.69, 9.17) is 0 Å².